The molecule has 2 rings (SSSR count). The van der Waals surface area contributed by atoms with Gasteiger partial charge in [0.15, 0.2) is 0 Å². The van der Waals surface area contributed by atoms with Gasteiger partial charge in [0.2, 0.25) is 0 Å². The van der Waals surface area contributed by atoms with Crippen LogP contribution < -0.4 is 5.32 Å². The molecule has 0 heterocycles. The van der Waals surface area contributed by atoms with E-state index in [1.165, 1.54) is 0 Å². The van der Waals surface area contributed by atoms with E-state index in [2.05, 4.69) is 53.1 Å². The fourth-order valence-electron chi connectivity index (χ4n) is 1.45. The van der Waals surface area contributed by atoms with Gasteiger partial charge in [-0.3, -0.25) is 4.79 Å². The molecule has 0 aliphatic carbocycles. The number of carbonyl (C=O) groups excluding carboxylic acids is 1. The van der Waals surface area contributed by atoms with Crippen LogP contribution >= 0.6 is 59.4 Å². The quantitative estimate of drug-likeness (QED) is 0.586. The summed E-state index contributed by atoms with van der Waals surface area (Å²) >= 11 is 16.0. The highest BCUT2D eigenvalue weighted by molar-refractivity contribution is 9.11. The lowest BCUT2D eigenvalue weighted by Crippen LogP contribution is -2.12. The third kappa shape index (κ3) is 3.81. The topological polar surface area (TPSA) is 29.1 Å². The summed E-state index contributed by atoms with van der Waals surface area (Å²) in [6.07, 6.45) is 0. The maximum atomic E-state index is 12.1. The normalized spacial score (nSPS) is 10.3. The molecule has 0 saturated heterocycles. The van der Waals surface area contributed by atoms with Gasteiger partial charge in [0.05, 0.1) is 5.69 Å². The Morgan fingerprint density at radius 3 is 2.05 bits per heavy atom. The molecular formula is C13H7Br3ClNO. The minimum atomic E-state index is -0.184. The second kappa shape index (κ2) is 6.39. The summed E-state index contributed by atoms with van der Waals surface area (Å²) in [5.74, 6) is -0.184. The zero-order valence-corrected chi connectivity index (χ0v) is 14.9. The Hall–Kier alpha value is -0.360. The second-order valence-electron chi connectivity index (χ2n) is 3.71. The van der Waals surface area contributed by atoms with E-state index in [1.807, 2.05) is 12.1 Å². The number of hydrogen-bond acceptors (Lipinski definition) is 1. The first-order valence-corrected chi connectivity index (χ1v) is 7.94. The third-order valence-electron chi connectivity index (χ3n) is 2.35. The van der Waals surface area contributed by atoms with Crippen LogP contribution in [0, 0.1) is 0 Å². The highest BCUT2D eigenvalue weighted by Crippen LogP contribution is 2.34. The van der Waals surface area contributed by atoms with E-state index < -0.39 is 0 Å². The third-order valence-corrected chi connectivity index (χ3v) is 4.35. The van der Waals surface area contributed by atoms with Crippen LogP contribution in [-0.4, -0.2) is 5.91 Å². The number of benzene rings is 2. The number of carbonyl (C=O) groups is 1. The molecule has 2 nitrogen and oxygen atoms in total. The van der Waals surface area contributed by atoms with Gasteiger partial charge in [-0.05, 0) is 68.3 Å². The van der Waals surface area contributed by atoms with Crippen molar-refractivity contribution in [3.8, 4) is 0 Å². The Balaban J connectivity index is 2.26. The van der Waals surface area contributed by atoms with Crippen molar-refractivity contribution in [3.63, 3.8) is 0 Å². The molecule has 0 saturated carbocycles. The summed E-state index contributed by atoms with van der Waals surface area (Å²) in [6, 6.07) is 10.6. The Bertz CT molecular complexity index is 605. The molecule has 0 fully saturated rings. The van der Waals surface area contributed by atoms with E-state index in [4.69, 9.17) is 11.6 Å². The van der Waals surface area contributed by atoms with E-state index in [0.717, 1.165) is 13.4 Å². The first-order valence-electron chi connectivity index (χ1n) is 5.19. The molecule has 6 heteroatoms. The van der Waals surface area contributed by atoms with Crippen molar-refractivity contribution >= 4 is 71.0 Å². The van der Waals surface area contributed by atoms with Gasteiger partial charge in [0.25, 0.3) is 5.91 Å². The first kappa shape index (κ1) is 15.0. The SMILES string of the molecule is O=C(Nc1c(Br)cc(Cl)cc1Br)c1ccc(Br)cc1. The lowest BCUT2D eigenvalue weighted by Gasteiger charge is -2.10. The molecule has 0 atom stereocenters. The average molecular weight is 468 g/mol. The van der Waals surface area contributed by atoms with Crippen LogP contribution in [0.1, 0.15) is 10.4 Å². The summed E-state index contributed by atoms with van der Waals surface area (Å²) < 4.78 is 2.37. The predicted molar refractivity (Wildman–Crippen MR) is 88.9 cm³/mol. The van der Waals surface area contributed by atoms with Gasteiger partial charge in [0.1, 0.15) is 0 Å². The molecule has 0 bridgehead atoms. The molecule has 2 aromatic rings. The van der Waals surface area contributed by atoms with Crippen molar-refractivity contribution in [1.82, 2.24) is 0 Å². The van der Waals surface area contributed by atoms with Crippen LogP contribution in [0.25, 0.3) is 0 Å². The lowest BCUT2D eigenvalue weighted by atomic mass is 10.2. The number of nitrogens with one attached hydrogen (secondary N) is 1. The standard InChI is InChI=1S/C13H7Br3ClNO/c14-8-3-1-7(2-4-8)13(19)18-12-10(15)5-9(17)6-11(12)16/h1-6H,(H,18,19). The van der Waals surface area contributed by atoms with Crippen molar-refractivity contribution in [2.24, 2.45) is 0 Å². The molecule has 1 amide bonds. The minimum Gasteiger partial charge on any atom is -0.320 e. The van der Waals surface area contributed by atoms with Crippen molar-refractivity contribution in [3.05, 3.63) is 60.4 Å². The van der Waals surface area contributed by atoms with Gasteiger partial charge >= 0.3 is 0 Å². The summed E-state index contributed by atoms with van der Waals surface area (Å²) in [4.78, 5) is 12.1. The van der Waals surface area contributed by atoms with Crippen LogP contribution in [0.2, 0.25) is 5.02 Å². The molecular weight excluding hydrogens is 461 g/mol. The fraction of sp³-hybridized carbons (Fsp3) is 0. The van der Waals surface area contributed by atoms with Crippen LogP contribution in [0.15, 0.2) is 49.8 Å². The minimum absolute atomic E-state index is 0.184. The van der Waals surface area contributed by atoms with Gasteiger partial charge in [0, 0.05) is 24.0 Å². The predicted octanol–water partition coefficient (Wildman–Crippen LogP) is 5.88. The van der Waals surface area contributed by atoms with Crippen LogP contribution in [0.4, 0.5) is 5.69 Å². The Kier molecular flexibility index (Phi) is 5.06. The number of rotatable bonds is 2. The van der Waals surface area contributed by atoms with E-state index in [0.29, 0.717) is 16.3 Å². The maximum absolute atomic E-state index is 12.1. The summed E-state index contributed by atoms with van der Waals surface area (Å²) in [7, 11) is 0. The van der Waals surface area contributed by atoms with E-state index in [9.17, 15) is 4.79 Å². The van der Waals surface area contributed by atoms with Gasteiger partial charge in [-0.25, -0.2) is 0 Å². The van der Waals surface area contributed by atoms with Crippen LogP contribution in [0.3, 0.4) is 0 Å². The van der Waals surface area contributed by atoms with Gasteiger partial charge in [-0.2, -0.15) is 0 Å². The van der Waals surface area contributed by atoms with Crippen molar-refractivity contribution in [2.75, 3.05) is 5.32 Å². The van der Waals surface area contributed by atoms with E-state index in [-0.39, 0.29) is 5.91 Å². The molecule has 2 aromatic carbocycles. The maximum Gasteiger partial charge on any atom is 0.255 e. The summed E-state index contributed by atoms with van der Waals surface area (Å²) in [6.45, 7) is 0. The largest absolute Gasteiger partial charge is 0.320 e. The Labute approximate surface area is 140 Å². The summed E-state index contributed by atoms with van der Waals surface area (Å²) in [5.41, 5.74) is 1.23. The van der Waals surface area contributed by atoms with Gasteiger partial charge in [-0.1, -0.05) is 27.5 Å². The van der Waals surface area contributed by atoms with Gasteiger partial charge < -0.3 is 5.32 Å². The number of hydrogen-bond donors (Lipinski definition) is 1. The molecule has 0 radical (unpaired) electrons. The molecule has 0 spiro atoms. The van der Waals surface area contributed by atoms with Gasteiger partial charge in [-0.15, -0.1) is 0 Å². The molecule has 0 aromatic heterocycles. The fourth-order valence-corrected chi connectivity index (χ4v) is 3.58. The molecule has 98 valence electrons. The van der Waals surface area contributed by atoms with Crippen molar-refractivity contribution in [1.29, 1.82) is 0 Å². The Morgan fingerprint density at radius 1 is 1.00 bits per heavy atom. The molecule has 0 unspecified atom stereocenters. The first-order chi connectivity index (χ1) is 8.97. The lowest BCUT2D eigenvalue weighted by molar-refractivity contribution is 0.102. The van der Waals surface area contributed by atoms with Crippen LogP contribution in [0.5, 0.6) is 0 Å². The second-order valence-corrected chi connectivity index (χ2v) is 6.77. The summed E-state index contributed by atoms with van der Waals surface area (Å²) in [5, 5.41) is 3.42. The smallest absolute Gasteiger partial charge is 0.255 e. The highest BCUT2D eigenvalue weighted by Gasteiger charge is 2.12. The number of halogens is 4. The monoisotopic (exact) mass is 465 g/mol. The van der Waals surface area contributed by atoms with Crippen molar-refractivity contribution < 1.29 is 4.79 Å². The molecule has 0 aliphatic heterocycles. The molecule has 19 heavy (non-hydrogen) atoms. The molecule has 0 aliphatic rings. The number of anilines is 1. The van der Waals surface area contributed by atoms with Crippen LogP contribution in [-0.2, 0) is 0 Å². The molecule has 1 N–H and O–H groups in total. The zero-order chi connectivity index (χ0) is 14.0. The van der Waals surface area contributed by atoms with E-state index in [1.54, 1.807) is 24.3 Å². The highest BCUT2D eigenvalue weighted by atomic mass is 79.9. The van der Waals surface area contributed by atoms with Crippen molar-refractivity contribution in [2.45, 2.75) is 0 Å². The zero-order valence-electron chi connectivity index (χ0n) is 9.38. The average Bonchev–Trinajstić information content (AvgIpc) is 2.34. The number of amides is 1. The Morgan fingerprint density at radius 2 is 1.53 bits per heavy atom. The van der Waals surface area contributed by atoms with E-state index >= 15 is 0 Å².